The third-order valence-corrected chi connectivity index (χ3v) is 5.20. The fourth-order valence-corrected chi connectivity index (χ4v) is 3.79. The molecule has 1 saturated heterocycles. The Labute approximate surface area is 164 Å². The molecule has 6 heteroatoms. The van der Waals surface area contributed by atoms with Gasteiger partial charge in [0.25, 0.3) is 0 Å². The highest BCUT2D eigenvalue weighted by Crippen LogP contribution is 2.36. The largest absolute Gasteiger partial charge is 0.486 e. The second-order valence-corrected chi connectivity index (χ2v) is 7.22. The summed E-state index contributed by atoms with van der Waals surface area (Å²) < 4.78 is 16.8. The third-order valence-electron chi connectivity index (χ3n) is 5.20. The lowest BCUT2D eigenvalue weighted by Crippen LogP contribution is -2.35. The first-order chi connectivity index (χ1) is 13.7. The highest BCUT2D eigenvalue weighted by molar-refractivity contribution is 5.68. The summed E-state index contributed by atoms with van der Waals surface area (Å²) in [6, 6.07) is 13.8. The van der Waals surface area contributed by atoms with E-state index >= 15 is 0 Å². The van der Waals surface area contributed by atoms with Crippen LogP contribution < -0.4 is 9.47 Å². The van der Waals surface area contributed by atoms with Gasteiger partial charge in [0.15, 0.2) is 6.61 Å². The van der Waals surface area contributed by atoms with Gasteiger partial charge in [-0.2, -0.15) is 0 Å². The topological polar surface area (TPSA) is 68.2 Å². The number of benzene rings is 2. The number of carboxylic acid groups (broad SMARTS) is 1. The first-order valence-corrected chi connectivity index (χ1v) is 9.70. The molecular weight excluding hydrogens is 358 g/mol. The van der Waals surface area contributed by atoms with Crippen molar-refractivity contribution >= 4 is 5.97 Å². The summed E-state index contributed by atoms with van der Waals surface area (Å²) in [6.45, 7) is 4.26. The number of hydrogen-bond donors (Lipinski definition) is 1. The van der Waals surface area contributed by atoms with Crippen molar-refractivity contribution in [2.75, 3.05) is 32.9 Å². The second-order valence-electron chi connectivity index (χ2n) is 7.22. The molecule has 6 nitrogen and oxygen atoms in total. The van der Waals surface area contributed by atoms with Gasteiger partial charge in [0.05, 0.1) is 13.2 Å². The van der Waals surface area contributed by atoms with Crippen LogP contribution in [0.25, 0.3) is 0 Å². The predicted octanol–water partition coefficient (Wildman–Crippen LogP) is 3.05. The Kier molecular flexibility index (Phi) is 5.78. The van der Waals surface area contributed by atoms with Crippen LogP contribution in [0.5, 0.6) is 11.5 Å². The Morgan fingerprint density at radius 1 is 1.11 bits per heavy atom. The molecule has 0 saturated carbocycles. The molecule has 0 bridgehead atoms. The van der Waals surface area contributed by atoms with E-state index < -0.39 is 5.97 Å². The molecule has 28 heavy (non-hydrogen) atoms. The van der Waals surface area contributed by atoms with E-state index in [9.17, 15) is 4.79 Å². The average Bonchev–Trinajstić information content (AvgIpc) is 3.10. The van der Waals surface area contributed by atoms with Crippen molar-refractivity contribution in [1.29, 1.82) is 0 Å². The van der Waals surface area contributed by atoms with Crippen molar-refractivity contribution in [2.45, 2.75) is 25.5 Å². The number of fused-ring (bicyclic) bond motifs is 1. The van der Waals surface area contributed by atoms with E-state index in [1.807, 2.05) is 12.1 Å². The smallest absolute Gasteiger partial charge is 0.341 e. The molecule has 0 amide bonds. The molecule has 2 aliphatic rings. The Morgan fingerprint density at radius 2 is 1.86 bits per heavy atom. The number of hydrogen-bond acceptors (Lipinski definition) is 5. The number of aryl methyl sites for hydroxylation is 1. The summed E-state index contributed by atoms with van der Waals surface area (Å²) in [7, 11) is 0. The molecule has 1 N–H and O–H groups in total. The van der Waals surface area contributed by atoms with E-state index in [1.165, 1.54) is 16.7 Å². The average molecular weight is 383 g/mol. The van der Waals surface area contributed by atoms with Gasteiger partial charge in [0.2, 0.25) is 0 Å². The van der Waals surface area contributed by atoms with Crippen LogP contribution in [0, 0.1) is 0 Å². The Hall–Kier alpha value is -2.57. The monoisotopic (exact) mass is 383 g/mol. The van der Waals surface area contributed by atoms with E-state index in [-0.39, 0.29) is 12.7 Å². The lowest BCUT2D eigenvalue weighted by molar-refractivity contribution is -0.139. The minimum Gasteiger partial charge on any atom is -0.486 e. The van der Waals surface area contributed by atoms with Crippen LogP contribution in [0.15, 0.2) is 42.5 Å². The first kappa shape index (κ1) is 18.8. The number of nitrogens with zero attached hydrogens (tertiary/aromatic N) is 1. The minimum atomic E-state index is -0.990. The number of morpholine rings is 1. The molecule has 1 aliphatic carbocycles. The van der Waals surface area contributed by atoms with Crippen LogP contribution in [0.2, 0.25) is 0 Å². The maximum atomic E-state index is 10.6. The summed E-state index contributed by atoms with van der Waals surface area (Å²) in [4.78, 5) is 13.0. The van der Waals surface area contributed by atoms with E-state index in [0.29, 0.717) is 5.75 Å². The van der Waals surface area contributed by atoms with Gasteiger partial charge < -0.3 is 19.3 Å². The zero-order valence-corrected chi connectivity index (χ0v) is 15.8. The summed E-state index contributed by atoms with van der Waals surface area (Å²) in [6.07, 6.45) is 2.04. The molecule has 4 rings (SSSR count). The standard InChI is InChI=1S/C22H25NO5/c24-22(25)15-27-18-3-5-19(6-4-18)28-21-8-2-17-13-16(1-7-20(17)21)14-23-9-11-26-12-10-23/h1,3-7,13,21H,2,8-12,14-15H2,(H,24,25)/t21-/m1/s1. The lowest BCUT2D eigenvalue weighted by Gasteiger charge is -2.26. The fraction of sp³-hybridized carbons (Fsp3) is 0.409. The van der Waals surface area contributed by atoms with Crippen LogP contribution in [0.3, 0.4) is 0 Å². The highest BCUT2D eigenvalue weighted by atomic mass is 16.5. The lowest BCUT2D eigenvalue weighted by atomic mass is 10.1. The van der Waals surface area contributed by atoms with Crippen molar-refractivity contribution < 1.29 is 24.1 Å². The second kappa shape index (κ2) is 8.63. The van der Waals surface area contributed by atoms with Crippen molar-refractivity contribution in [3.63, 3.8) is 0 Å². The predicted molar refractivity (Wildman–Crippen MR) is 104 cm³/mol. The van der Waals surface area contributed by atoms with Gasteiger partial charge in [-0.05, 0) is 53.8 Å². The molecule has 0 spiro atoms. The van der Waals surface area contributed by atoms with Gasteiger partial charge in [-0.3, -0.25) is 4.90 Å². The highest BCUT2D eigenvalue weighted by Gasteiger charge is 2.24. The molecule has 1 heterocycles. The van der Waals surface area contributed by atoms with Crippen LogP contribution in [0.4, 0.5) is 0 Å². The molecular formula is C22H25NO5. The molecule has 0 aromatic heterocycles. The van der Waals surface area contributed by atoms with Crippen LogP contribution >= 0.6 is 0 Å². The van der Waals surface area contributed by atoms with Gasteiger partial charge in [0.1, 0.15) is 17.6 Å². The number of ether oxygens (including phenoxy) is 3. The molecule has 148 valence electrons. The molecule has 2 aromatic carbocycles. The summed E-state index contributed by atoms with van der Waals surface area (Å²) in [5.74, 6) is 0.295. The van der Waals surface area contributed by atoms with Gasteiger partial charge in [-0.1, -0.05) is 18.2 Å². The van der Waals surface area contributed by atoms with Gasteiger partial charge >= 0.3 is 5.97 Å². The first-order valence-electron chi connectivity index (χ1n) is 9.70. The van der Waals surface area contributed by atoms with E-state index in [1.54, 1.807) is 12.1 Å². The number of aliphatic carboxylic acids is 1. The van der Waals surface area contributed by atoms with Gasteiger partial charge in [-0.15, -0.1) is 0 Å². The molecule has 0 radical (unpaired) electrons. The maximum absolute atomic E-state index is 10.6. The third kappa shape index (κ3) is 4.64. The molecule has 1 fully saturated rings. The van der Waals surface area contributed by atoms with E-state index in [4.69, 9.17) is 19.3 Å². The number of carbonyl (C=O) groups is 1. The summed E-state index contributed by atoms with van der Waals surface area (Å²) in [5.41, 5.74) is 3.98. The Balaban J connectivity index is 1.37. The zero-order valence-electron chi connectivity index (χ0n) is 15.8. The molecule has 1 aliphatic heterocycles. The Bertz CT molecular complexity index is 814. The van der Waals surface area contributed by atoms with Crippen molar-refractivity contribution in [1.82, 2.24) is 4.90 Å². The molecule has 0 unspecified atom stereocenters. The van der Waals surface area contributed by atoms with Crippen molar-refractivity contribution in [3.05, 3.63) is 59.2 Å². The quantitative estimate of drug-likeness (QED) is 0.793. The van der Waals surface area contributed by atoms with Crippen LogP contribution in [-0.4, -0.2) is 48.9 Å². The zero-order chi connectivity index (χ0) is 19.3. The minimum absolute atomic E-state index is 0.0539. The SMILES string of the molecule is O=C(O)COc1ccc(O[C@@H]2CCc3cc(CN4CCOCC4)ccc32)cc1. The van der Waals surface area contributed by atoms with Crippen LogP contribution in [0.1, 0.15) is 29.2 Å². The summed E-state index contributed by atoms with van der Waals surface area (Å²) in [5, 5.41) is 8.67. The summed E-state index contributed by atoms with van der Waals surface area (Å²) >= 11 is 0. The van der Waals surface area contributed by atoms with Crippen molar-refractivity contribution in [3.8, 4) is 11.5 Å². The van der Waals surface area contributed by atoms with Gasteiger partial charge in [-0.25, -0.2) is 4.79 Å². The van der Waals surface area contributed by atoms with Crippen molar-refractivity contribution in [2.24, 2.45) is 0 Å². The normalized spacial score (nSPS) is 19.2. The van der Waals surface area contributed by atoms with Gasteiger partial charge in [0, 0.05) is 19.6 Å². The molecule has 2 aromatic rings. The Morgan fingerprint density at radius 3 is 2.61 bits per heavy atom. The number of rotatable bonds is 7. The van der Waals surface area contributed by atoms with E-state index in [2.05, 4.69) is 23.1 Å². The maximum Gasteiger partial charge on any atom is 0.341 e. The number of carboxylic acids is 1. The fourth-order valence-electron chi connectivity index (χ4n) is 3.79. The van der Waals surface area contributed by atoms with Crippen LogP contribution in [-0.2, 0) is 22.5 Å². The van der Waals surface area contributed by atoms with E-state index in [0.717, 1.165) is 51.4 Å². The molecule has 1 atom stereocenters.